The predicted octanol–water partition coefficient (Wildman–Crippen LogP) is 3.51. The van der Waals surface area contributed by atoms with E-state index < -0.39 is 4.92 Å². The van der Waals surface area contributed by atoms with Crippen LogP contribution in [0.25, 0.3) is 10.6 Å². The van der Waals surface area contributed by atoms with Crippen molar-refractivity contribution in [3.05, 3.63) is 38.3 Å². The topological polar surface area (TPSA) is 68.9 Å². The molecule has 8 heteroatoms. The maximum atomic E-state index is 10.7. The lowest BCUT2D eigenvalue weighted by Gasteiger charge is -1.97. The molecule has 0 aliphatic carbocycles. The average Bonchev–Trinajstić information content (AvgIpc) is 2.76. The summed E-state index contributed by atoms with van der Waals surface area (Å²) in [7, 11) is 0. The number of halogens is 2. The Morgan fingerprint density at radius 2 is 2.12 bits per heavy atom. The van der Waals surface area contributed by atoms with Gasteiger partial charge in [0.2, 0.25) is 0 Å². The standard InChI is InChI=1S/C9H5Cl2N3O2S/c10-4-8-12-13-9(17-8)5-1-6(11)3-7(2-5)14(15)16/h1-3H,4H2. The monoisotopic (exact) mass is 289 g/mol. The number of non-ortho nitro benzene ring substituents is 1. The Bertz CT molecular complexity index is 573. The Kier molecular flexibility index (Phi) is 3.56. The number of rotatable bonds is 3. The summed E-state index contributed by atoms with van der Waals surface area (Å²) in [5.41, 5.74) is 0.494. The van der Waals surface area contributed by atoms with Gasteiger partial charge in [0.15, 0.2) is 0 Å². The number of nitro groups is 1. The van der Waals surface area contributed by atoms with Crippen LogP contribution in [0.1, 0.15) is 5.01 Å². The van der Waals surface area contributed by atoms with Gasteiger partial charge < -0.3 is 0 Å². The van der Waals surface area contributed by atoms with Crippen LogP contribution in [0.3, 0.4) is 0 Å². The molecule has 17 heavy (non-hydrogen) atoms. The molecule has 88 valence electrons. The zero-order valence-electron chi connectivity index (χ0n) is 8.26. The largest absolute Gasteiger partial charge is 0.271 e. The number of nitrogens with zero attached hydrogens (tertiary/aromatic N) is 3. The number of hydrogen-bond donors (Lipinski definition) is 0. The molecular formula is C9H5Cl2N3O2S. The molecule has 0 aliphatic heterocycles. The van der Waals surface area contributed by atoms with Gasteiger partial charge in [-0.05, 0) is 6.07 Å². The van der Waals surface area contributed by atoms with E-state index in [1.807, 2.05) is 0 Å². The van der Waals surface area contributed by atoms with Gasteiger partial charge in [-0.2, -0.15) is 0 Å². The lowest BCUT2D eigenvalue weighted by atomic mass is 10.2. The lowest BCUT2D eigenvalue weighted by molar-refractivity contribution is -0.384. The third kappa shape index (κ3) is 2.71. The van der Waals surface area contributed by atoms with E-state index in [9.17, 15) is 10.1 Å². The molecule has 2 rings (SSSR count). The van der Waals surface area contributed by atoms with Crippen molar-refractivity contribution in [3.63, 3.8) is 0 Å². The second kappa shape index (κ2) is 4.95. The van der Waals surface area contributed by atoms with Crippen LogP contribution in [0.2, 0.25) is 5.02 Å². The molecule has 0 unspecified atom stereocenters. The Hall–Kier alpha value is -1.24. The highest BCUT2D eigenvalue weighted by Gasteiger charge is 2.13. The second-order valence-corrected chi connectivity index (χ2v) is 4.86. The van der Waals surface area contributed by atoms with Crippen molar-refractivity contribution in [2.75, 3.05) is 0 Å². The molecule has 1 heterocycles. The van der Waals surface area contributed by atoms with Crippen molar-refractivity contribution in [1.29, 1.82) is 0 Å². The van der Waals surface area contributed by atoms with Gasteiger partial charge in [-0.25, -0.2) is 0 Å². The third-order valence-corrected chi connectivity index (χ3v) is 3.52. The van der Waals surface area contributed by atoms with Crippen LogP contribution in [-0.2, 0) is 5.88 Å². The van der Waals surface area contributed by atoms with E-state index in [-0.39, 0.29) is 16.6 Å². The van der Waals surface area contributed by atoms with Gasteiger partial charge in [-0.1, -0.05) is 22.9 Å². The van der Waals surface area contributed by atoms with Crippen LogP contribution in [0, 0.1) is 10.1 Å². The Balaban J connectivity index is 2.47. The molecule has 2 aromatic rings. The van der Waals surface area contributed by atoms with Crippen molar-refractivity contribution in [2.45, 2.75) is 5.88 Å². The zero-order valence-corrected chi connectivity index (χ0v) is 10.6. The number of alkyl halides is 1. The first-order chi connectivity index (χ1) is 8.10. The Morgan fingerprint density at radius 1 is 1.35 bits per heavy atom. The lowest BCUT2D eigenvalue weighted by Crippen LogP contribution is -1.88. The SMILES string of the molecule is O=[N+]([O-])c1cc(Cl)cc(-c2nnc(CCl)s2)c1. The van der Waals surface area contributed by atoms with Gasteiger partial charge in [0, 0.05) is 22.7 Å². The summed E-state index contributed by atoms with van der Waals surface area (Å²) < 4.78 is 0. The number of nitro benzene ring substituents is 1. The van der Waals surface area contributed by atoms with E-state index in [0.29, 0.717) is 15.6 Å². The number of benzene rings is 1. The smallest absolute Gasteiger partial charge is 0.258 e. The summed E-state index contributed by atoms with van der Waals surface area (Å²) in [5, 5.41) is 19.9. The molecule has 1 aromatic carbocycles. The zero-order chi connectivity index (χ0) is 12.4. The van der Waals surface area contributed by atoms with E-state index in [2.05, 4.69) is 10.2 Å². The molecule has 0 spiro atoms. The molecule has 1 aromatic heterocycles. The molecule has 0 N–H and O–H groups in total. The fourth-order valence-electron chi connectivity index (χ4n) is 1.23. The van der Waals surface area contributed by atoms with Crippen LogP contribution in [0.15, 0.2) is 18.2 Å². The van der Waals surface area contributed by atoms with Crippen molar-refractivity contribution < 1.29 is 4.92 Å². The van der Waals surface area contributed by atoms with Crippen LogP contribution < -0.4 is 0 Å². The summed E-state index contributed by atoms with van der Waals surface area (Å²) in [5.74, 6) is 0.264. The minimum absolute atomic E-state index is 0.0740. The maximum Gasteiger partial charge on any atom is 0.271 e. The van der Waals surface area contributed by atoms with Gasteiger partial charge in [0.1, 0.15) is 10.0 Å². The van der Waals surface area contributed by atoms with Crippen LogP contribution >= 0.6 is 34.5 Å². The molecule has 0 bridgehead atoms. The summed E-state index contributed by atoms with van der Waals surface area (Å²) >= 11 is 12.7. The quantitative estimate of drug-likeness (QED) is 0.493. The first-order valence-corrected chi connectivity index (χ1v) is 6.17. The van der Waals surface area contributed by atoms with Crippen LogP contribution in [0.4, 0.5) is 5.69 Å². The highest BCUT2D eigenvalue weighted by molar-refractivity contribution is 7.14. The fourth-order valence-corrected chi connectivity index (χ4v) is 2.35. The van der Waals surface area contributed by atoms with Crippen molar-refractivity contribution >= 4 is 40.2 Å². The maximum absolute atomic E-state index is 10.7. The molecule has 5 nitrogen and oxygen atoms in total. The van der Waals surface area contributed by atoms with Crippen LogP contribution in [0.5, 0.6) is 0 Å². The normalized spacial score (nSPS) is 10.5. The van der Waals surface area contributed by atoms with Gasteiger partial charge in [0.05, 0.1) is 10.8 Å². The fraction of sp³-hybridized carbons (Fsp3) is 0.111. The Labute approximate surface area is 110 Å². The van der Waals surface area contributed by atoms with E-state index in [1.54, 1.807) is 6.07 Å². The average molecular weight is 290 g/mol. The summed E-state index contributed by atoms with van der Waals surface area (Å²) in [6, 6.07) is 4.30. The highest BCUT2D eigenvalue weighted by atomic mass is 35.5. The molecule has 0 aliphatic rings. The number of aromatic nitrogens is 2. The molecule has 0 fully saturated rings. The predicted molar refractivity (Wildman–Crippen MR) is 66.6 cm³/mol. The van der Waals surface area contributed by atoms with Crippen molar-refractivity contribution in [3.8, 4) is 10.6 Å². The molecule has 0 atom stereocenters. The van der Waals surface area contributed by atoms with E-state index in [4.69, 9.17) is 23.2 Å². The van der Waals surface area contributed by atoms with E-state index >= 15 is 0 Å². The van der Waals surface area contributed by atoms with Gasteiger partial charge >= 0.3 is 0 Å². The van der Waals surface area contributed by atoms with E-state index in [0.717, 1.165) is 0 Å². The molecule has 0 amide bonds. The Morgan fingerprint density at radius 3 is 2.71 bits per heavy atom. The summed E-state index contributed by atoms with van der Waals surface area (Å²) in [6.07, 6.45) is 0. The minimum atomic E-state index is -0.501. The highest BCUT2D eigenvalue weighted by Crippen LogP contribution is 2.30. The summed E-state index contributed by atoms with van der Waals surface area (Å²) in [6.45, 7) is 0. The van der Waals surface area contributed by atoms with Gasteiger partial charge in [-0.3, -0.25) is 10.1 Å². The second-order valence-electron chi connectivity index (χ2n) is 3.09. The van der Waals surface area contributed by atoms with Crippen molar-refractivity contribution in [1.82, 2.24) is 10.2 Å². The summed E-state index contributed by atoms with van der Waals surface area (Å²) in [4.78, 5) is 10.2. The third-order valence-electron chi connectivity index (χ3n) is 1.92. The van der Waals surface area contributed by atoms with E-state index in [1.165, 1.54) is 23.5 Å². The molecule has 0 radical (unpaired) electrons. The first-order valence-electron chi connectivity index (χ1n) is 4.44. The number of hydrogen-bond acceptors (Lipinski definition) is 5. The van der Waals surface area contributed by atoms with Gasteiger partial charge in [0.25, 0.3) is 5.69 Å². The molecular weight excluding hydrogens is 285 g/mol. The van der Waals surface area contributed by atoms with Crippen molar-refractivity contribution in [2.24, 2.45) is 0 Å². The van der Waals surface area contributed by atoms with Gasteiger partial charge in [-0.15, -0.1) is 21.8 Å². The van der Waals surface area contributed by atoms with Crippen LogP contribution in [-0.4, -0.2) is 15.1 Å². The molecule has 0 saturated heterocycles. The minimum Gasteiger partial charge on any atom is -0.258 e. The molecule has 0 saturated carbocycles. The first kappa shape index (κ1) is 12.2.